The Morgan fingerprint density at radius 3 is 2.73 bits per heavy atom. The molecule has 176 valence electrons. The highest BCUT2D eigenvalue weighted by Gasteiger charge is 2.29. The van der Waals surface area contributed by atoms with Crippen LogP contribution in [-0.4, -0.2) is 48.9 Å². The Morgan fingerprint density at radius 2 is 2.06 bits per heavy atom. The summed E-state index contributed by atoms with van der Waals surface area (Å²) in [6.45, 7) is 7.57. The van der Waals surface area contributed by atoms with Crippen LogP contribution in [0.25, 0.3) is 16.5 Å². The van der Waals surface area contributed by atoms with Crippen molar-refractivity contribution in [2.75, 3.05) is 32.1 Å². The fourth-order valence-electron chi connectivity index (χ4n) is 5.07. The van der Waals surface area contributed by atoms with E-state index in [-0.39, 0.29) is 18.4 Å². The van der Waals surface area contributed by atoms with Crippen LogP contribution in [-0.2, 0) is 9.59 Å². The van der Waals surface area contributed by atoms with Gasteiger partial charge in [-0.25, -0.2) is 0 Å². The van der Waals surface area contributed by atoms with Crippen LogP contribution in [0.2, 0.25) is 0 Å². The lowest BCUT2D eigenvalue weighted by molar-refractivity contribution is -0.132. The number of hydrogen-bond acceptors (Lipinski definition) is 3. The van der Waals surface area contributed by atoms with E-state index in [0.29, 0.717) is 18.4 Å². The molecule has 1 aliphatic carbocycles. The summed E-state index contributed by atoms with van der Waals surface area (Å²) in [5.74, 6) is 0.000553. The first-order valence-electron chi connectivity index (χ1n) is 12.0. The molecule has 2 aromatic rings. The van der Waals surface area contributed by atoms with Crippen molar-refractivity contribution in [1.82, 2.24) is 15.2 Å². The molecule has 0 unspecified atom stereocenters. The number of anilines is 1. The van der Waals surface area contributed by atoms with Crippen LogP contribution in [0.15, 0.2) is 41.6 Å². The smallest absolute Gasteiger partial charge is 0.246 e. The minimum atomic E-state index is -0.0702. The summed E-state index contributed by atoms with van der Waals surface area (Å²) in [6.07, 6.45) is 6.85. The van der Waals surface area contributed by atoms with Crippen LogP contribution < -0.4 is 10.2 Å². The van der Waals surface area contributed by atoms with E-state index in [1.807, 2.05) is 19.2 Å². The number of likely N-dealkylation sites (N-methyl/N-ethyl adjacent to an activating group) is 1. The number of allylic oxidation sites excluding steroid dienone is 4. The maximum atomic E-state index is 12.8. The lowest BCUT2D eigenvalue weighted by Crippen LogP contribution is -2.38. The zero-order valence-corrected chi connectivity index (χ0v) is 20.5. The second-order valence-electron chi connectivity index (χ2n) is 10.1. The number of hydrogen-bond donors (Lipinski definition) is 2. The average molecular weight is 449 g/mol. The molecule has 1 saturated heterocycles. The highest BCUT2D eigenvalue weighted by molar-refractivity contribution is 5.99. The van der Waals surface area contributed by atoms with Gasteiger partial charge < -0.3 is 20.1 Å². The van der Waals surface area contributed by atoms with Crippen molar-refractivity contribution in [3.05, 3.63) is 47.3 Å². The van der Waals surface area contributed by atoms with Crippen molar-refractivity contribution in [3.63, 3.8) is 0 Å². The predicted octanol–water partition coefficient (Wildman–Crippen LogP) is 4.84. The summed E-state index contributed by atoms with van der Waals surface area (Å²) >= 11 is 0. The van der Waals surface area contributed by atoms with Gasteiger partial charge in [0.2, 0.25) is 11.8 Å². The molecule has 1 aromatic carbocycles. The van der Waals surface area contributed by atoms with Gasteiger partial charge in [-0.1, -0.05) is 26.0 Å². The summed E-state index contributed by atoms with van der Waals surface area (Å²) in [7, 11) is 3.79. The first kappa shape index (κ1) is 23.1. The summed E-state index contributed by atoms with van der Waals surface area (Å²) < 4.78 is 0. The van der Waals surface area contributed by atoms with E-state index >= 15 is 0 Å². The van der Waals surface area contributed by atoms with Gasteiger partial charge in [0, 0.05) is 55.0 Å². The number of aromatic nitrogens is 1. The van der Waals surface area contributed by atoms with Gasteiger partial charge in [-0.3, -0.25) is 9.59 Å². The first-order valence-corrected chi connectivity index (χ1v) is 12.0. The standard InChI is InChI=1S/C27H36N4O2/c1-6-20(21-11-12-27(2,3)16-24(21)28-4)23-14-18-9-10-19(15-22(18)29-23)30(5)26(33)17-31-13-7-8-25(31)32/h6,9-10,14-15,28-29H,7-8,11-13,16-17H2,1-5H3/b20-6-. The highest BCUT2D eigenvalue weighted by atomic mass is 16.2. The molecule has 4 rings (SSSR count). The minimum Gasteiger partial charge on any atom is -0.391 e. The van der Waals surface area contributed by atoms with Gasteiger partial charge in [-0.15, -0.1) is 0 Å². The fraction of sp³-hybridized carbons (Fsp3) is 0.481. The number of rotatable bonds is 6. The molecule has 2 N–H and O–H groups in total. The minimum absolute atomic E-state index is 0.0702. The summed E-state index contributed by atoms with van der Waals surface area (Å²) in [5, 5.41) is 4.57. The van der Waals surface area contributed by atoms with Crippen molar-refractivity contribution in [2.24, 2.45) is 5.41 Å². The number of nitrogens with one attached hydrogen (secondary N) is 2. The number of likely N-dealkylation sites (tertiary alicyclic amines) is 1. The van der Waals surface area contributed by atoms with Crippen LogP contribution in [0, 0.1) is 5.41 Å². The molecule has 0 bridgehead atoms. The van der Waals surface area contributed by atoms with E-state index < -0.39 is 0 Å². The van der Waals surface area contributed by atoms with Crippen LogP contribution in [0.3, 0.4) is 0 Å². The van der Waals surface area contributed by atoms with E-state index in [9.17, 15) is 9.59 Å². The molecule has 6 nitrogen and oxygen atoms in total. The Balaban J connectivity index is 1.59. The molecule has 33 heavy (non-hydrogen) atoms. The molecule has 0 radical (unpaired) electrons. The highest BCUT2D eigenvalue weighted by Crippen LogP contribution is 2.42. The van der Waals surface area contributed by atoms with Crippen LogP contribution in [0.1, 0.15) is 58.6 Å². The van der Waals surface area contributed by atoms with Gasteiger partial charge in [0.1, 0.15) is 6.54 Å². The Labute approximate surface area is 196 Å². The first-order chi connectivity index (χ1) is 15.7. The molecular formula is C27H36N4O2. The molecule has 0 saturated carbocycles. The van der Waals surface area contributed by atoms with Gasteiger partial charge in [0.05, 0.1) is 0 Å². The summed E-state index contributed by atoms with van der Waals surface area (Å²) in [5.41, 5.74) is 7.18. The van der Waals surface area contributed by atoms with E-state index in [1.165, 1.54) is 23.3 Å². The quantitative estimate of drug-likeness (QED) is 0.664. The van der Waals surface area contributed by atoms with E-state index in [4.69, 9.17) is 0 Å². The number of carbonyl (C=O) groups excluding carboxylic acids is 2. The maximum absolute atomic E-state index is 12.8. The van der Waals surface area contributed by atoms with Gasteiger partial charge in [-0.2, -0.15) is 0 Å². The predicted molar refractivity (Wildman–Crippen MR) is 135 cm³/mol. The van der Waals surface area contributed by atoms with Gasteiger partial charge in [0.15, 0.2) is 0 Å². The van der Waals surface area contributed by atoms with E-state index in [0.717, 1.165) is 41.5 Å². The largest absolute Gasteiger partial charge is 0.391 e. The number of carbonyl (C=O) groups is 2. The van der Waals surface area contributed by atoms with Gasteiger partial charge in [-0.05, 0) is 67.4 Å². The topological polar surface area (TPSA) is 68.4 Å². The Kier molecular flexibility index (Phi) is 6.37. The molecule has 6 heteroatoms. The zero-order valence-electron chi connectivity index (χ0n) is 20.5. The van der Waals surface area contributed by atoms with Crippen LogP contribution in [0.4, 0.5) is 5.69 Å². The number of H-pyrrole nitrogens is 1. The second kappa shape index (κ2) is 9.08. The zero-order chi connectivity index (χ0) is 23.8. The monoisotopic (exact) mass is 448 g/mol. The molecule has 1 aromatic heterocycles. The number of amides is 2. The third kappa shape index (κ3) is 4.70. The summed E-state index contributed by atoms with van der Waals surface area (Å²) in [6, 6.07) is 8.24. The normalized spacial score (nSPS) is 18.9. The molecule has 0 atom stereocenters. The second-order valence-corrected chi connectivity index (χ2v) is 10.1. The number of aromatic amines is 1. The molecule has 1 fully saturated rings. The molecule has 1 aliphatic heterocycles. The van der Waals surface area contributed by atoms with Gasteiger partial charge >= 0.3 is 0 Å². The van der Waals surface area contributed by atoms with Crippen LogP contribution in [0.5, 0.6) is 0 Å². The summed E-state index contributed by atoms with van der Waals surface area (Å²) in [4.78, 5) is 31.5. The van der Waals surface area contributed by atoms with Crippen molar-refractivity contribution < 1.29 is 9.59 Å². The Bertz CT molecular complexity index is 1140. The van der Waals surface area contributed by atoms with Crippen molar-refractivity contribution in [2.45, 2.75) is 52.9 Å². The average Bonchev–Trinajstić information content (AvgIpc) is 3.39. The fourth-order valence-corrected chi connectivity index (χ4v) is 5.07. The van der Waals surface area contributed by atoms with Crippen molar-refractivity contribution in [1.29, 1.82) is 0 Å². The number of nitrogens with zero attached hydrogens (tertiary/aromatic N) is 2. The molecule has 2 amide bonds. The number of benzene rings is 1. The third-order valence-electron chi connectivity index (χ3n) is 7.14. The molecule has 0 spiro atoms. The van der Waals surface area contributed by atoms with Gasteiger partial charge in [0.25, 0.3) is 0 Å². The Morgan fingerprint density at radius 1 is 1.27 bits per heavy atom. The number of fused-ring (bicyclic) bond motifs is 1. The third-order valence-corrected chi connectivity index (χ3v) is 7.14. The van der Waals surface area contributed by atoms with E-state index in [2.05, 4.69) is 49.3 Å². The van der Waals surface area contributed by atoms with Crippen molar-refractivity contribution >= 4 is 34.0 Å². The van der Waals surface area contributed by atoms with Crippen molar-refractivity contribution in [3.8, 4) is 0 Å². The van der Waals surface area contributed by atoms with E-state index in [1.54, 1.807) is 16.8 Å². The molecular weight excluding hydrogens is 412 g/mol. The SMILES string of the molecule is C/C=C(/C1=C(NC)CC(C)(C)CC1)c1cc2ccc(N(C)C(=O)CN3CCCC3=O)cc2[nH]1. The maximum Gasteiger partial charge on any atom is 0.246 e. The van der Waals surface area contributed by atoms with Crippen LogP contribution >= 0.6 is 0 Å². The Hall–Kier alpha value is -3.02. The molecule has 2 heterocycles. The molecule has 2 aliphatic rings. The lowest BCUT2D eigenvalue weighted by Gasteiger charge is -2.34. The lowest BCUT2D eigenvalue weighted by atomic mass is 9.74.